The lowest BCUT2D eigenvalue weighted by molar-refractivity contribution is -0.180. The first kappa shape index (κ1) is 16.0. The second-order valence-corrected chi connectivity index (χ2v) is 4.74. The highest BCUT2D eigenvalue weighted by molar-refractivity contribution is 5.76. The third kappa shape index (κ3) is 4.08. The molecule has 0 aromatic heterocycles. The van der Waals surface area contributed by atoms with Crippen LogP contribution in [0.5, 0.6) is 0 Å². The number of hydrogen-bond donors (Lipinski definition) is 0. The highest BCUT2D eigenvalue weighted by atomic mass is 16.6. The standard InChI is InChI=1S/C16H18O6/c1-11(17)22-14-13(8-9-20-15(14)16(18)19-2)21-10-12-6-4-3-5-7-12/h3-9,13-15H,10H2,1-2H3/t13-,14+,15-/m1/s1. The molecule has 1 aliphatic heterocycles. The van der Waals surface area contributed by atoms with Crippen LogP contribution < -0.4 is 0 Å². The van der Waals surface area contributed by atoms with Gasteiger partial charge in [0.15, 0.2) is 6.10 Å². The summed E-state index contributed by atoms with van der Waals surface area (Å²) in [4.78, 5) is 23.0. The van der Waals surface area contributed by atoms with E-state index in [9.17, 15) is 9.59 Å². The van der Waals surface area contributed by atoms with Crippen molar-refractivity contribution in [1.29, 1.82) is 0 Å². The molecule has 0 bridgehead atoms. The minimum atomic E-state index is -1.04. The van der Waals surface area contributed by atoms with Gasteiger partial charge in [-0.2, -0.15) is 0 Å². The zero-order chi connectivity index (χ0) is 15.9. The van der Waals surface area contributed by atoms with Gasteiger partial charge >= 0.3 is 11.9 Å². The molecule has 0 amide bonds. The first-order valence-electron chi connectivity index (χ1n) is 6.84. The maximum Gasteiger partial charge on any atom is 0.351 e. The van der Waals surface area contributed by atoms with Crippen LogP contribution in [0.4, 0.5) is 0 Å². The highest BCUT2D eigenvalue weighted by Gasteiger charge is 2.41. The number of carbonyl (C=O) groups is 2. The molecule has 22 heavy (non-hydrogen) atoms. The molecule has 6 heteroatoms. The molecule has 0 saturated carbocycles. The molecule has 1 heterocycles. The fraction of sp³-hybridized carbons (Fsp3) is 0.375. The van der Waals surface area contributed by atoms with Gasteiger partial charge < -0.3 is 18.9 Å². The Bertz CT molecular complexity index is 539. The van der Waals surface area contributed by atoms with Crippen LogP contribution >= 0.6 is 0 Å². The predicted molar refractivity (Wildman–Crippen MR) is 76.6 cm³/mol. The Labute approximate surface area is 128 Å². The van der Waals surface area contributed by atoms with Gasteiger partial charge in [0.05, 0.1) is 20.0 Å². The fourth-order valence-corrected chi connectivity index (χ4v) is 2.11. The molecule has 0 fully saturated rings. The van der Waals surface area contributed by atoms with Gasteiger partial charge in [0, 0.05) is 6.92 Å². The van der Waals surface area contributed by atoms with E-state index in [1.165, 1.54) is 20.3 Å². The molecule has 0 saturated heterocycles. The number of hydrogen-bond acceptors (Lipinski definition) is 6. The number of methoxy groups -OCH3 is 1. The number of benzene rings is 1. The van der Waals surface area contributed by atoms with Crippen LogP contribution in [0.25, 0.3) is 0 Å². The van der Waals surface area contributed by atoms with E-state index in [1.54, 1.807) is 6.08 Å². The normalized spacial score (nSPS) is 23.5. The summed E-state index contributed by atoms with van der Waals surface area (Å²) in [5.41, 5.74) is 0.971. The van der Waals surface area contributed by atoms with Crippen LogP contribution in [0.3, 0.4) is 0 Å². The average Bonchev–Trinajstić information content (AvgIpc) is 2.53. The van der Waals surface area contributed by atoms with Crippen molar-refractivity contribution >= 4 is 11.9 Å². The zero-order valence-corrected chi connectivity index (χ0v) is 12.4. The molecule has 0 N–H and O–H groups in total. The topological polar surface area (TPSA) is 71.1 Å². The van der Waals surface area contributed by atoms with Crippen molar-refractivity contribution in [1.82, 2.24) is 0 Å². The lowest BCUT2D eigenvalue weighted by Crippen LogP contribution is -2.48. The van der Waals surface area contributed by atoms with Gasteiger partial charge in [0.2, 0.25) is 6.10 Å². The second kappa shape index (κ2) is 7.61. The van der Waals surface area contributed by atoms with E-state index < -0.39 is 30.3 Å². The van der Waals surface area contributed by atoms with E-state index in [0.717, 1.165) is 5.56 Å². The summed E-state index contributed by atoms with van der Waals surface area (Å²) >= 11 is 0. The Balaban J connectivity index is 2.09. The lowest BCUT2D eigenvalue weighted by atomic mass is 10.1. The summed E-state index contributed by atoms with van der Waals surface area (Å²) < 4.78 is 20.8. The Kier molecular flexibility index (Phi) is 5.55. The van der Waals surface area contributed by atoms with Gasteiger partial charge in [-0.3, -0.25) is 4.79 Å². The summed E-state index contributed by atoms with van der Waals surface area (Å²) in [7, 11) is 1.24. The molecule has 1 aromatic rings. The summed E-state index contributed by atoms with van der Waals surface area (Å²) in [5, 5.41) is 0. The van der Waals surface area contributed by atoms with E-state index in [4.69, 9.17) is 14.2 Å². The van der Waals surface area contributed by atoms with Crippen molar-refractivity contribution in [2.75, 3.05) is 7.11 Å². The molecule has 0 radical (unpaired) electrons. The van der Waals surface area contributed by atoms with Crippen molar-refractivity contribution in [2.45, 2.75) is 31.8 Å². The van der Waals surface area contributed by atoms with Gasteiger partial charge in [-0.1, -0.05) is 30.3 Å². The zero-order valence-electron chi connectivity index (χ0n) is 12.4. The second-order valence-electron chi connectivity index (χ2n) is 4.74. The smallest absolute Gasteiger partial charge is 0.351 e. The molecule has 0 spiro atoms. The van der Waals surface area contributed by atoms with Crippen LogP contribution in [0.15, 0.2) is 42.7 Å². The Morgan fingerprint density at radius 1 is 1.23 bits per heavy atom. The third-order valence-corrected chi connectivity index (χ3v) is 3.14. The van der Waals surface area contributed by atoms with E-state index >= 15 is 0 Å². The lowest BCUT2D eigenvalue weighted by Gasteiger charge is -2.32. The summed E-state index contributed by atoms with van der Waals surface area (Å²) in [6, 6.07) is 9.55. The molecular formula is C16H18O6. The van der Waals surface area contributed by atoms with Gasteiger partial charge in [-0.25, -0.2) is 4.79 Å². The first-order chi connectivity index (χ1) is 10.6. The molecule has 3 atom stereocenters. The minimum absolute atomic E-state index is 0.321. The van der Waals surface area contributed by atoms with Crippen molar-refractivity contribution in [3.8, 4) is 0 Å². The van der Waals surface area contributed by atoms with E-state index in [2.05, 4.69) is 4.74 Å². The summed E-state index contributed by atoms with van der Waals surface area (Å²) in [6.07, 6.45) is 0.438. The van der Waals surface area contributed by atoms with Gasteiger partial charge in [0.25, 0.3) is 0 Å². The van der Waals surface area contributed by atoms with Crippen molar-refractivity contribution in [3.63, 3.8) is 0 Å². The molecule has 1 aromatic carbocycles. The number of carbonyl (C=O) groups excluding carboxylic acids is 2. The third-order valence-electron chi connectivity index (χ3n) is 3.14. The SMILES string of the molecule is COC(=O)[C@@H]1OC=C[C@@H](OCc2ccccc2)[C@@H]1OC(C)=O. The Morgan fingerprint density at radius 3 is 2.59 bits per heavy atom. The number of esters is 2. The van der Waals surface area contributed by atoms with Crippen molar-refractivity contribution in [2.24, 2.45) is 0 Å². The monoisotopic (exact) mass is 306 g/mol. The van der Waals surface area contributed by atoms with Gasteiger partial charge in [0.1, 0.15) is 6.10 Å². The molecule has 2 rings (SSSR count). The van der Waals surface area contributed by atoms with Gasteiger partial charge in [-0.15, -0.1) is 0 Å². The maximum absolute atomic E-state index is 11.8. The molecule has 6 nitrogen and oxygen atoms in total. The maximum atomic E-state index is 11.8. The Hall–Kier alpha value is -2.34. The molecule has 0 unspecified atom stereocenters. The number of ether oxygens (including phenoxy) is 4. The van der Waals surface area contributed by atoms with E-state index in [-0.39, 0.29) is 0 Å². The summed E-state index contributed by atoms with van der Waals surface area (Å²) in [6.45, 7) is 1.59. The molecule has 118 valence electrons. The van der Waals surface area contributed by atoms with Gasteiger partial charge in [-0.05, 0) is 11.6 Å². The van der Waals surface area contributed by atoms with Crippen molar-refractivity contribution < 1.29 is 28.5 Å². The molecule has 1 aliphatic rings. The van der Waals surface area contributed by atoms with Crippen molar-refractivity contribution in [3.05, 3.63) is 48.2 Å². The van der Waals surface area contributed by atoms with Crippen LogP contribution in [0.2, 0.25) is 0 Å². The van der Waals surface area contributed by atoms with E-state index in [1.807, 2.05) is 30.3 Å². The molecular weight excluding hydrogens is 288 g/mol. The predicted octanol–water partition coefficient (Wildman–Crippen LogP) is 1.59. The number of rotatable bonds is 5. The Morgan fingerprint density at radius 2 is 1.95 bits per heavy atom. The summed E-state index contributed by atoms with van der Waals surface area (Å²) in [5.74, 6) is -1.14. The largest absolute Gasteiger partial charge is 0.482 e. The van der Waals surface area contributed by atoms with Crippen LogP contribution in [0.1, 0.15) is 12.5 Å². The average molecular weight is 306 g/mol. The quantitative estimate of drug-likeness (QED) is 0.769. The van der Waals surface area contributed by atoms with Crippen LogP contribution in [0, 0.1) is 0 Å². The van der Waals surface area contributed by atoms with Crippen LogP contribution in [-0.4, -0.2) is 37.4 Å². The molecule has 0 aliphatic carbocycles. The minimum Gasteiger partial charge on any atom is -0.482 e. The first-order valence-corrected chi connectivity index (χ1v) is 6.84. The van der Waals surface area contributed by atoms with E-state index in [0.29, 0.717) is 6.61 Å². The van der Waals surface area contributed by atoms with Crippen LogP contribution in [-0.2, 0) is 35.1 Å². The fourth-order valence-electron chi connectivity index (χ4n) is 2.11. The highest BCUT2D eigenvalue weighted by Crippen LogP contribution is 2.21.